The number of nitrogens with zero attached hydrogens (tertiary/aromatic N) is 7. The van der Waals surface area contributed by atoms with Crippen LogP contribution >= 0.6 is 0 Å². The summed E-state index contributed by atoms with van der Waals surface area (Å²) in [5.74, 6) is 1.13. The minimum absolute atomic E-state index is 0.0503. The van der Waals surface area contributed by atoms with Crippen LogP contribution in [0.3, 0.4) is 0 Å². The monoisotopic (exact) mass is 406 g/mol. The van der Waals surface area contributed by atoms with E-state index in [0.29, 0.717) is 11.7 Å². The van der Waals surface area contributed by atoms with Crippen LogP contribution in [-0.2, 0) is 12.6 Å². The third-order valence-corrected chi connectivity index (χ3v) is 6.51. The molecule has 0 spiro atoms. The molecule has 0 atom stereocenters. The van der Waals surface area contributed by atoms with Crippen LogP contribution in [0.15, 0.2) is 30.5 Å². The molecule has 0 bridgehead atoms. The van der Waals surface area contributed by atoms with Crippen LogP contribution in [0.2, 0.25) is 0 Å². The zero-order chi connectivity index (χ0) is 21.3. The standard InChI is InChI=1S/C21H26N8O/c1-20(27(2)3)11-21(22,12-20)19-23-18(30-5)17-14(8-9-29(17)25-19)13-6-7-15-16(10-13)28(4)26-24-15/h6-10H,11-12,22H2,1-5H3. The lowest BCUT2D eigenvalue weighted by atomic mass is 9.63. The van der Waals surface area contributed by atoms with Crippen molar-refractivity contribution < 1.29 is 4.74 Å². The summed E-state index contributed by atoms with van der Waals surface area (Å²) in [6.45, 7) is 2.21. The van der Waals surface area contributed by atoms with Gasteiger partial charge in [-0.05, 0) is 57.6 Å². The quantitative estimate of drug-likeness (QED) is 0.553. The maximum absolute atomic E-state index is 6.70. The average molecular weight is 406 g/mol. The predicted molar refractivity (Wildman–Crippen MR) is 114 cm³/mol. The first-order chi connectivity index (χ1) is 14.2. The Morgan fingerprint density at radius 3 is 2.67 bits per heavy atom. The van der Waals surface area contributed by atoms with E-state index in [1.807, 2.05) is 36.0 Å². The molecule has 0 saturated heterocycles. The Kier molecular flexibility index (Phi) is 3.93. The molecule has 3 aromatic heterocycles. The maximum Gasteiger partial charge on any atom is 0.242 e. The van der Waals surface area contributed by atoms with E-state index in [4.69, 9.17) is 20.6 Å². The van der Waals surface area contributed by atoms with Crippen molar-refractivity contribution in [1.82, 2.24) is 34.5 Å². The van der Waals surface area contributed by atoms with Gasteiger partial charge in [0.1, 0.15) is 11.0 Å². The number of benzene rings is 1. The van der Waals surface area contributed by atoms with Gasteiger partial charge in [-0.15, -0.1) is 5.10 Å². The third kappa shape index (κ3) is 2.62. The van der Waals surface area contributed by atoms with Crippen LogP contribution in [0.4, 0.5) is 0 Å². The van der Waals surface area contributed by atoms with Gasteiger partial charge < -0.3 is 15.4 Å². The summed E-state index contributed by atoms with van der Waals surface area (Å²) >= 11 is 0. The molecule has 2 N–H and O–H groups in total. The largest absolute Gasteiger partial charge is 0.479 e. The second kappa shape index (κ2) is 6.23. The summed E-state index contributed by atoms with van der Waals surface area (Å²) < 4.78 is 9.27. The minimum atomic E-state index is -0.565. The summed E-state index contributed by atoms with van der Waals surface area (Å²) in [6.07, 6.45) is 3.51. The normalized spacial score (nSPS) is 24.0. The Hall–Kier alpha value is -3.04. The number of ether oxygens (including phenoxy) is 1. The zero-order valence-corrected chi connectivity index (χ0v) is 17.9. The van der Waals surface area contributed by atoms with Crippen molar-refractivity contribution in [2.24, 2.45) is 12.8 Å². The third-order valence-electron chi connectivity index (χ3n) is 6.51. The number of nitrogens with two attached hydrogens (primary N) is 1. The van der Waals surface area contributed by atoms with Gasteiger partial charge in [-0.3, -0.25) is 0 Å². The molecule has 5 rings (SSSR count). The van der Waals surface area contributed by atoms with Crippen molar-refractivity contribution >= 4 is 16.6 Å². The van der Waals surface area contributed by atoms with Gasteiger partial charge in [0.2, 0.25) is 5.88 Å². The predicted octanol–water partition coefficient (Wildman–Crippen LogP) is 1.95. The Morgan fingerprint density at radius 1 is 1.20 bits per heavy atom. The number of aromatic nitrogens is 6. The van der Waals surface area contributed by atoms with Gasteiger partial charge in [0, 0.05) is 24.3 Å². The molecule has 0 amide bonds. The van der Waals surface area contributed by atoms with Crippen LogP contribution in [-0.4, -0.2) is 61.2 Å². The molecule has 0 aliphatic heterocycles. The molecule has 4 aromatic rings. The Bertz CT molecular complexity index is 1260. The molecule has 1 aromatic carbocycles. The molecule has 1 aliphatic rings. The van der Waals surface area contributed by atoms with Gasteiger partial charge in [-0.1, -0.05) is 11.3 Å². The second-order valence-corrected chi connectivity index (χ2v) is 8.78. The Labute approximate surface area is 174 Å². The fraction of sp³-hybridized carbons (Fsp3) is 0.429. The zero-order valence-electron chi connectivity index (χ0n) is 17.9. The topological polar surface area (TPSA) is 99.4 Å². The van der Waals surface area contributed by atoms with E-state index < -0.39 is 5.54 Å². The molecular weight excluding hydrogens is 380 g/mol. The highest BCUT2D eigenvalue weighted by atomic mass is 16.5. The van der Waals surface area contributed by atoms with E-state index in [9.17, 15) is 0 Å². The van der Waals surface area contributed by atoms with Crippen LogP contribution in [0.1, 0.15) is 25.6 Å². The van der Waals surface area contributed by atoms with Crippen molar-refractivity contribution in [3.8, 4) is 17.0 Å². The fourth-order valence-electron chi connectivity index (χ4n) is 4.56. The molecule has 156 valence electrons. The number of hydrogen-bond donors (Lipinski definition) is 1. The molecule has 9 heteroatoms. The lowest BCUT2D eigenvalue weighted by Crippen LogP contribution is -2.64. The van der Waals surface area contributed by atoms with E-state index in [1.54, 1.807) is 11.8 Å². The van der Waals surface area contributed by atoms with Crippen molar-refractivity contribution in [3.63, 3.8) is 0 Å². The molecule has 9 nitrogen and oxygen atoms in total. The molecule has 1 aliphatic carbocycles. The summed E-state index contributed by atoms with van der Waals surface area (Å²) in [4.78, 5) is 6.95. The van der Waals surface area contributed by atoms with E-state index in [0.717, 1.165) is 40.5 Å². The Morgan fingerprint density at radius 2 is 1.97 bits per heavy atom. The lowest BCUT2D eigenvalue weighted by Gasteiger charge is -2.54. The molecule has 3 heterocycles. The van der Waals surface area contributed by atoms with Gasteiger partial charge >= 0.3 is 0 Å². The summed E-state index contributed by atoms with van der Waals surface area (Å²) in [7, 11) is 7.67. The Balaban J connectivity index is 1.61. The molecule has 0 unspecified atom stereocenters. The van der Waals surface area contributed by atoms with Gasteiger partial charge in [0.25, 0.3) is 0 Å². The first-order valence-corrected chi connectivity index (χ1v) is 9.94. The number of methoxy groups -OCH3 is 1. The van der Waals surface area contributed by atoms with Crippen molar-refractivity contribution in [2.45, 2.75) is 30.8 Å². The summed E-state index contributed by atoms with van der Waals surface area (Å²) in [6, 6.07) is 8.08. The lowest BCUT2D eigenvalue weighted by molar-refractivity contribution is -0.00326. The van der Waals surface area contributed by atoms with Crippen LogP contribution in [0.5, 0.6) is 5.88 Å². The van der Waals surface area contributed by atoms with Gasteiger partial charge in [0.15, 0.2) is 5.82 Å². The first-order valence-electron chi connectivity index (χ1n) is 9.94. The maximum atomic E-state index is 6.70. The van der Waals surface area contributed by atoms with Crippen LogP contribution in [0.25, 0.3) is 27.7 Å². The second-order valence-electron chi connectivity index (χ2n) is 8.78. The summed E-state index contributed by atoms with van der Waals surface area (Å²) in [5.41, 5.74) is 10.8. The molecule has 1 saturated carbocycles. The van der Waals surface area contributed by atoms with E-state index in [-0.39, 0.29) is 5.54 Å². The highest BCUT2D eigenvalue weighted by molar-refractivity contribution is 5.89. The number of aryl methyl sites for hydroxylation is 1. The van der Waals surface area contributed by atoms with Crippen LogP contribution < -0.4 is 10.5 Å². The molecule has 30 heavy (non-hydrogen) atoms. The van der Waals surface area contributed by atoms with E-state index in [1.165, 1.54) is 0 Å². The van der Waals surface area contributed by atoms with E-state index >= 15 is 0 Å². The molecule has 0 radical (unpaired) electrons. The SMILES string of the molecule is COc1nc(C2(N)CC(C)(N(C)C)C2)nn2ccc(-c3ccc4nnn(C)c4c3)c12. The average Bonchev–Trinajstić information content (AvgIpc) is 3.29. The van der Waals surface area contributed by atoms with Gasteiger partial charge in [0.05, 0.1) is 18.2 Å². The number of rotatable bonds is 4. The number of hydrogen-bond acceptors (Lipinski definition) is 7. The van der Waals surface area contributed by atoms with Gasteiger partial charge in [-0.25, -0.2) is 9.20 Å². The molecule has 1 fully saturated rings. The molecular formula is C21H26N8O. The van der Waals surface area contributed by atoms with E-state index in [2.05, 4.69) is 42.3 Å². The van der Waals surface area contributed by atoms with Crippen molar-refractivity contribution in [1.29, 1.82) is 0 Å². The minimum Gasteiger partial charge on any atom is -0.479 e. The smallest absolute Gasteiger partial charge is 0.242 e. The summed E-state index contributed by atoms with van der Waals surface area (Å²) in [5, 5.41) is 13.0. The van der Waals surface area contributed by atoms with Crippen LogP contribution in [0, 0.1) is 0 Å². The first kappa shape index (κ1) is 19.0. The highest BCUT2D eigenvalue weighted by Gasteiger charge is 2.54. The van der Waals surface area contributed by atoms with Crippen molar-refractivity contribution in [2.75, 3.05) is 21.2 Å². The fourth-order valence-corrected chi connectivity index (χ4v) is 4.56. The van der Waals surface area contributed by atoms with Crippen molar-refractivity contribution in [3.05, 3.63) is 36.3 Å². The van der Waals surface area contributed by atoms with Gasteiger partial charge in [-0.2, -0.15) is 10.1 Å². The number of fused-ring (bicyclic) bond motifs is 2. The highest BCUT2D eigenvalue weighted by Crippen LogP contribution is 2.48.